The van der Waals surface area contributed by atoms with Gasteiger partial charge in [-0.1, -0.05) is 35.9 Å². The molecule has 0 bridgehead atoms. The number of nitrogens with one attached hydrogen (secondary N) is 3. The third-order valence-corrected chi connectivity index (χ3v) is 5.96. The van der Waals surface area contributed by atoms with Crippen LogP contribution in [0.3, 0.4) is 0 Å². The maximum atomic E-state index is 12.7. The summed E-state index contributed by atoms with van der Waals surface area (Å²) in [6.45, 7) is -0.284. The average Bonchev–Trinajstić information content (AvgIpc) is 2.90. The van der Waals surface area contributed by atoms with Gasteiger partial charge in [0.1, 0.15) is 17.5 Å². The maximum absolute atomic E-state index is 12.7. The Bertz CT molecular complexity index is 1360. The molecular weight excluding hydrogens is 528 g/mol. The predicted molar refractivity (Wildman–Crippen MR) is 142 cm³/mol. The van der Waals surface area contributed by atoms with Crippen LogP contribution in [-0.4, -0.2) is 57.6 Å². The lowest BCUT2D eigenvalue weighted by atomic mass is 10.1. The van der Waals surface area contributed by atoms with Gasteiger partial charge in [0.05, 0.1) is 16.6 Å². The lowest BCUT2D eigenvalue weighted by Gasteiger charge is -2.18. The van der Waals surface area contributed by atoms with Crippen LogP contribution < -0.4 is 21.7 Å². The molecule has 3 aromatic rings. The predicted octanol–water partition coefficient (Wildman–Crippen LogP) is 1.55. The van der Waals surface area contributed by atoms with Crippen molar-refractivity contribution < 1.29 is 34.5 Å². The van der Waals surface area contributed by atoms with Crippen LogP contribution in [0.15, 0.2) is 66.7 Å². The molecule has 39 heavy (non-hydrogen) atoms. The number of halogens is 1. The first kappa shape index (κ1) is 29.0. The van der Waals surface area contributed by atoms with Crippen LogP contribution in [0.5, 0.6) is 11.5 Å². The molecule has 0 saturated carbocycles. The van der Waals surface area contributed by atoms with Gasteiger partial charge in [0.25, 0.3) is 11.8 Å². The minimum absolute atomic E-state index is 0.0660. The van der Waals surface area contributed by atoms with Crippen molar-refractivity contribution >= 4 is 35.3 Å². The highest BCUT2D eigenvalue weighted by Gasteiger charge is 2.24. The number of rotatable bonds is 11. The molecule has 3 aromatic carbocycles. The van der Waals surface area contributed by atoms with Gasteiger partial charge in [-0.3, -0.25) is 14.4 Å². The standard InChI is InChI=1S/C27H27ClN4O7/c28-21-12-17(24(35)30-13-16-2-1-3-19(34)10-16)6-9-20(21)25(36)32-23(27(38)39)14-31-26(37)22(29)11-15-4-7-18(33)8-5-15/h1-10,12,22-23,33-34H,11,13-14,29H2,(H,30,35)(H,31,37)(H,32,36)(H,38,39)/t22-,23-/m0/s1. The maximum Gasteiger partial charge on any atom is 0.328 e. The van der Waals surface area contributed by atoms with Crippen LogP contribution in [0, 0.1) is 0 Å². The Labute approximate surface area is 228 Å². The first-order chi connectivity index (χ1) is 18.5. The number of hydrogen-bond acceptors (Lipinski definition) is 7. The molecule has 0 aliphatic rings. The zero-order valence-corrected chi connectivity index (χ0v) is 21.3. The fourth-order valence-corrected chi connectivity index (χ4v) is 3.81. The summed E-state index contributed by atoms with van der Waals surface area (Å²) in [5.74, 6) is -3.17. The molecule has 204 valence electrons. The second-order valence-corrected chi connectivity index (χ2v) is 9.04. The molecule has 3 amide bonds. The van der Waals surface area contributed by atoms with E-state index in [4.69, 9.17) is 17.3 Å². The number of phenolic OH excluding ortho intramolecular Hbond substituents is 2. The van der Waals surface area contributed by atoms with E-state index in [0.29, 0.717) is 11.1 Å². The number of aromatic hydroxyl groups is 2. The quantitative estimate of drug-likeness (QED) is 0.185. The van der Waals surface area contributed by atoms with Gasteiger partial charge in [0, 0.05) is 18.7 Å². The van der Waals surface area contributed by atoms with Crippen LogP contribution >= 0.6 is 11.6 Å². The number of hydrogen-bond donors (Lipinski definition) is 7. The number of carbonyl (C=O) groups is 4. The first-order valence-electron chi connectivity index (χ1n) is 11.7. The molecule has 0 radical (unpaired) electrons. The number of phenols is 2. The van der Waals surface area contributed by atoms with Crippen LogP contribution in [0.2, 0.25) is 5.02 Å². The topological polar surface area (TPSA) is 191 Å². The van der Waals surface area contributed by atoms with E-state index in [0.717, 1.165) is 0 Å². The highest BCUT2D eigenvalue weighted by Crippen LogP contribution is 2.19. The fourth-order valence-electron chi connectivity index (χ4n) is 3.54. The van der Waals surface area contributed by atoms with Gasteiger partial charge in [-0.05, 0) is 60.0 Å². The lowest BCUT2D eigenvalue weighted by molar-refractivity contribution is -0.139. The van der Waals surface area contributed by atoms with Gasteiger partial charge in [-0.15, -0.1) is 0 Å². The first-order valence-corrected chi connectivity index (χ1v) is 12.1. The molecule has 0 unspecified atom stereocenters. The number of nitrogens with two attached hydrogens (primary N) is 1. The van der Waals surface area contributed by atoms with E-state index in [1.54, 1.807) is 24.3 Å². The summed E-state index contributed by atoms with van der Waals surface area (Å²) < 4.78 is 0. The summed E-state index contributed by atoms with van der Waals surface area (Å²) in [7, 11) is 0. The Hall–Kier alpha value is -4.61. The Morgan fingerprint density at radius 3 is 2.21 bits per heavy atom. The van der Waals surface area contributed by atoms with Crippen molar-refractivity contribution in [2.24, 2.45) is 5.73 Å². The number of benzene rings is 3. The average molecular weight is 555 g/mol. The molecule has 0 heterocycles. The SMILES string of the molecule is N[C@@H](Cc1ccc(O)cc1)C(=O)NC[C@H](NC(=O)c1ccc(C(=O)NCc2cccc(O)c2)cc1Cl)C(=O)O. The van der Waals surface area contributed by atoms with E-state index in [2.05, 4.69) is 16.0 Å². The Kier molecular flexibility index (Phi) is 9.85. The molecule has 8 N–H and O–H groups in total. The summed E-state index contributed by atoms with van der Waals surface area (Å²) >= 11 is 6.20. The third-order valence-electron chi connectivity index (χ3n) is 5.65. The van der Waals surface area contributed by atoms with Gasteiger partial charge >= 0.3 is 5.97 Å². The van der Waals surface area contributed by atoms with E-state index >= 15 is 0 Å². The van der Waals surface area contributed by atoms with Gasteiger partial charge in [-0.2, -0.15) is 0 Å². The molecule has 3 rings (SSSR count). The molecule has 11 nitrogen and oxygen atoms in total. The minimum Gasteiger partial charge on any atom is -0.508 e. The minimum atomic E-state index is -1.48. The summed E-state index contributed by atoms with van der Waals surface area (Å²) in [6.07, 6.45) is 0.152. The van der Waals surface area contributed by atoms with Crippen molar-refractivity contribution in [1.29, 1.82) is 0 Å². The normalized spacial score (nSPS) is 12.2. The Balaban J connectivity index is 1.56. The van der Waals surface area contributed by atoms with E-state index in [1.165, 1.54) is 42.5 Å². The summed E-state index contributed by atoms with van der Waals surface area (Å²) in [4.78, 5) is 49.2. The molecule has 12 heteroatoms. The Morgan fingerprint density at radius 1 is 0.846 bits per heavy atom. The second kappa shape index (κ2) is 13.3. The summed E-state index contributed by atoms with van der Waals surface area (Å²) in [6, 6.07) is 14.0. The molecule has 0 fully saturated rings. The molecular formula is C27H27ClN4O7. The largest absolute Gasteiger partial charge is 0.508 e. The number of carbonyl (C=O) groups excluding carboxylic acids is 3. The summed E-state index contributed by atoms with van der Waals surface area (Å²) in [5, 5.41) is 35.7. The van der Waals surface area contributed by atoms with Crippen LogP contribution in [-0.2, 0) is 22.6 Å². The van der Waals surface area contributed by atoms with Crippen LogP contribution in [0.25, 0.3) is 0 Å². The fraction of sp³-hybridized carbons (Fsp3) is 0.185. The zero-order chi connectivity index (χ0) is 28.5. The number of carboxylic acids is 1. The smallest absolute Gasteiger partial charge is 0.328 e. The molecule has 2 atom stereocenters. The third kappa shape index (κ3) is 8.45. The van der Waals surface area contributed by atoms with E-state index < -0.39 is 42.3 Å². The van der Waals surface area contributed by atoms with Gasteiger partial charge < -0.3 is 37.0 Å². The highest BCUT2D eigenvalue weighted by atomic mass is 35.5. The van der Waals surface area contributed by atoms with Crippen molar-refractivity contribution in [3.63, 3.8) is 0 Å². The summed E-state index contributed by atoms with van der Waals surface area (Å²) in [5.41, 5.74) is 7.37. The molecule has 0 aliphatic carbocycles. The van der Waals surface area contributed by atoms with Crippen molar-refractivity contribution in [1.82, 2.24) is 16.0 Å². The van der Waals surface area contributed by atoms with Crippen molar-refractivity contribution in [2.45, 2.75) is 25.0 Å². The van der Waals surface area contributed by atoms with Crippen LogP contribution in [0.1, 0.15) is 31.8 Å². The second-order valence-electron chi connectivity index (χ2n) is 8.63. The van der Waals surface area contributed by atoms with Gasteiger partial charge in [-0.25, -0.2) is 4.79 Å². The molecule has 0 aliphatic heterocycles. The Morgan fingerprint density at radius 2 is 1.56 bits per heavy atom. The number of aliphatic carboxylic acids is 1. The zero-order valence-electron chi connectivity index (χ0n) is 20.6. The van der Waals surface area contributed by atoms with Gasteiger partial charge in [0.2, 0.25) is 5.91 Å². The molecule has 0 saturated heterocycles. The monoisotopic (exact) mass is 554 g/mol. The number of carboxylic acid groups (broad SMARTS) is 1. The van der Waals surface area contributed by atoms with Gasteiger partial charge in [0.15, 0.2) is 0 Å². The van der Waals surface area contributed by atoms with Crippen molar-refractivity contribution in [3.8, 4) is 11.5 Å². The van der Waals surface area contributed by atoms with Crippen LogP contribution in [0.4, 0.5) is 0 Å². The highest BCUT2D eigenvalue weighted by molar-refractivity contribution is 6.34. The van der Waals surface area contributed by atoms with E-state index in [1.807, 2.05) is 0 Å². The molecule has 0 aromatic heterocycles. The van der Waals surface area contributed by atoms with Crippen molar-refractivity contribution in [3.05, 3.63) is 94.0 Å². The van der Waals surface area contributed by atoms with E-state index in [-0.39, 0.29) is 40.6 Å². The molecule has 0 spiro atoms. The van der Waals surface area contributed by atoms with Crippen molar-refractivity contribution in [2.75, 3.05) is 6.54 Å². The van der Waals surface area contributed by atoms with E-state index in [9.17, 15) is 34.5 Å². The number of amides is 3. The lowest BCUT2D eigenvalue weighted by Crippen LogP contribution is -2.51.